The average Bonchev–Trinajstić information content (AvgIpc) is 2.93. The fourth-order valence-corrected chi connectivity index (χ4v) is 4.08. The maximum absolute atomic E-state index is 10.7. The molecule has 0 bridgehead atoms. The van der Waals surface area contributed by atoms with Gasteiger partial charge in [-0.25, -0.2) is 0 Å². The van der Waals surface area contributed by atoms with Gasteiger partial charge in [0.15, 0.2) is 0 Å². The minimum absolute atomic E-state index is 0.0439. The number of carbonyl (C=O) groups excluding carboxylic acids is 1. The van der Waals surface area contributed by atoms with E-state index >= 15 is 0 Å². The second-order valence-corrected chi connectivity index (χ2v) is 8.61. The molecule has 0 unspecified atom stereocenters. The SMILES string of the molecule is COc1ccc(Nc2ccc(CCNC[C@H](O)c3ccc(O)c(NC=O)c3)cc2)cc1-c1ccccc1. The number of phenolic OH excluding ortho intramolecular Hbond substituents is 1. The van der Waals surface area contributed by atoms with Crippen molar-refractivity contribution in [3.63, 3.8) is 0 Å². The van der Waals surface area contributed by atoms with Crippen LogP contribution in [-0.4, -0.2) is 36.8 Å². The van der Waals surface area contributed by atoms with E-state index in [1.54, 1.807) is 19.2 Å². The highest BCUT2D eigenvalue weighted by molar-refractivity contribution is 5.76. The number of aliphatic hydroxyl groups is 1. The Morgan fingerprint density at radius 3 is 2.41 bits per heavy atom. The third kappa shape index (κ3) is 6.88. The van der Waals surface area contributed by atoms with Crippen molar-refractivity contribution in [3.05, 3.63) is 102 Å². The van der Waals surface area contributed by atoms with Crippen molar-refractivity contribution in [2.24, 2.45) is 0 Å². The van der Waals surface area contributed by atoms with Gasteiger partial charge in [-0.15, -0.1) is 0 Å². The molecule has 0 aromatic heterocycles. The maximum Gasteiger partial charge on any atom is 0.211 e. The summed E-state index contributed by atoms with van der Waals surface area (Å²) in [5.74, 6) is 0.783. The summed E-state index contributed by atoms with van der Waals surface area (Å²) in [5, 5.41) is 29.3. The van der Waals surface area contributed by atoms with Gasteiger partial charge >= 0.3 is 0 Å². The molecule has 4 aromatic rings. The molecule has 4 aromatic carbocycles. The number of ether oxygens (including phenoxy) is 1. The third-order valence-electron chi connectivity index (χ3n) is 6.07. The Morgan fingerprint density at radius 1 is 0.919 bits per heavy atom. The van der Waals surface area contributed by atoms with Crippen LogP contribution in [-0.2, 0) is 11.2 Å². The van der Waals surface area contributed by atoms with Crippen LogP contribution in [0.5, 0.6) is 11.5 Å². The average molecular weight is 498 g/mol. The van der Waals surface area contributed by atoms with E-state index in [1.807, 2.05) is 30.3 Å². The molecule has 190 valence electrons. The molecule has 0 spiro atoms. The number of aromatic hydroxyl groups is 1. The second kappa shape index (κ2) is 12.6. The van der Waals surface area contributed by atoms with E-state index in [4.69, 9.17) is 4.74 Å². The van der Waals surface area contributed by atoms with E-state index in [1.165, 1.54) is 11.6 Å². The lowest BCUT2D eigenvalue weighted by molar-refractivity contribution is -0.105. The van der Waals surface area contributed by atoms with Crippen molar-refractivity contribution >= 4 is 23.5 Å². The van der Waals surface area contributed by atoms with Crippen molar-refractivity contribution in [1.82, 2.24) is 5.32 Å². The molecular weight excluding hydrogens is 466 g/mol. The Morgan fingerprint density at radius 2 is 1.68 bits per heavy atom. The number of carbonyl (C=O) groups is 1. The summed E-state index contributed by atoms with van der Waals surface area (Å²) in [4.78, 5) is 10.7. The largest absolute Gasteiger partial charge is 0.506 e. The van der Waals surface area contributed by atoms with Crippen molar-refractivity contribution in [2.75, 3.05) is 30.8 Å². The summed E-state index contributed by atoms with van der Waals surface area (Å²) >= 11 is 0. The molecule has 0 radical (unpaired) electrons. The van der Waals surface area contributed by atoms with Gasteiger partial charge in [0.05, 0.1) is 18.9 Å². The van der Waals surface area contributed by atoms with Crippen molar-refractivity contribution in [3.8, 4) is 22.6 Å². The zero-order chi connectivity index (χ0) is 26.0. The zero-order valence-electron chi connectivity index (χ0n) is 20.6. The molecule has 37 heavy (non-hydrogen) atoms. The number of hydrogen-bond acceptors (Lipinski definition) is 6. The minimum atomic E-state index is -0.760. The van der Waals surface area contributed by atoms with Gasteiger partial charge in [-0.05, 0) is 72.1 Å². The quantitative estimate of drug-likeness (QED) is 0.104. The number of aliphatic hydroxyl groups excluding tert-OH is 1. The second-order valence-electron chi connectivity index (χ2n) is 8.61. The fourth-order valence-electron chi connectivity index (χ4n) is 4.08. The molecule has 0 fully saturated rings. The highest BCUT2D eigenvalue weighted by Gasteiger charge is 2.11. The summed E-state index contributed by atoms with van der Waals surface area (Å²) in [6.45, 7) is 1.05. The lowest BCUT2D eigenvalue weighted by Gasteiger charge is -2.14. The van der Waals surface area contributed by atoms with Crippen LogP contribution in [0.3, 0.4) is 0 Å². The predicted molar refractivity (Wildman–Crippen MR) is 147 cm³/mol. The van der Waals surface area contributed by atoms with Crippen LogP contribution in [0.1, 0.15) is 17.2 Å². The number of anilines is 3. The van der Waals surface area contributed by atoms with Gasteiger partial charge in [0.1, 0.15) is 11.5 Å². The van der Waals surface area contributed by atoms with E-state index in [0.29, 0.717) is 25.1 Å². The standard InChI is InChI=1S/C30H31N3O4/c1-37-30-14-12-25(18-26(30)22-5-3-2-4-6-22)33-24-10-7-21(8-11-24)15-16-31-19-29(36)23-9-13-28(35)27(17-23)32-20-34/h2-14,17-18,20,29,31,33,35-36H,15-16,19H2,1H3,(H,32,34)/t29-/m0/s1. The Balaban J connectivity index is 1.29. The molecule has 0 saturated heterocycles. The van der Waals surface area contributed by atoms with Crippen molar-refractivity contribution in [1.29, 1.82) is 0 Å². The molecule has 5 N–H and O–H groups in total. The Kier molecular flexibility index (Phi) is 8.75. The van der Waals surface area contributed by atoms with E-state index in [0.717, 1.165) is 34.7 Å². The molecule has 0 aliphatic rings. The predicted octanol–water partition coefficient (Wildman–Crippen LogP) is 5.25. The normalized spacial score (nSPS) is 11.5. The topological polar surface area (TPSA) is 103 Å². The first kappa shape index (κ1) is 25.8. The molecule has 0 saturated carbocycles. The fraction of sp³-hybridized carbons (Fsp3) is 0.167. The van der Waals surface area contributed by atoms with Gasteiger partial charge in [-0.2, -0.15) is 0 Å². The number of hydrogen-bond donors (Lipinski definition) is 5. The highest BCUT2D eigenvalue weighted by Crippen LogP contribution is 2.33. The van der Waals surface area contributed by atoms with Gasteiger partial charge in [0, 0.05) is 23.5 Å². The molecule has 0 heterocycles. The molecule has 1 amide bonds. The summed E-state index contributed by atoms with van der Waals surface area (Å²) in [6, 6.07) is 29.1. The van der Waals surface area contributed by atoms with Gasteiger partial charge in [0.2, 0.25) is 6.41 Å². The molecule has 7 heteroatoms. The van der Waals surface area contributed by atoms with Crippen LogP contribution in [0, 0.1) is 0 Å². The minimum Gasteiger partial charge on any atom is -0.506 e. The first-order valence-electron chi connectivity index (χ1n) is 12.1. The van der Waals surface area contributed by atoms with Crippen LogP contribution in [0.2, 0.25) is 0 Å². The molecule has 1 atom stereocenters. The lowest BCUT2D eigenvalue weighted by Crippen LogP contribution is -2.23. The number of phenols is 1. The number of amides is 1. The van der Waals surface area contributed by atoms with Gasteiger partial charge in [-0.3, -0.25) is 4.79 Å². The van der Waals surface area contributed by atoms with Gasteiger partial charge in [-0.1, -0.05) is 48.5 Å². The lowest BCUT2D eigenvalue weighted by atomic mass is 10.0. The van der Waals surface area contributed by atoms with Crippen LogP contribution in [0.15, 0.2) is 91.0 Å². The van der Waals surface area contributed by atoms with E-state index in [2.05, 4.69) is 58.4 Å². The zero-order valence-corrected chi connectivity index (χ0v) is 20.6. The number of nitrogens with one attached hydrogen (secondary N) is 3. The van der Waals surface area contributed by atoms with Gasteiger partial charge < -0.3 is 30.9 Å². The third-order valence-corrected chi connectivity index (χ3v) is 6.07. The maximum atomic E-state index is 10.7. The van der Waals surface area contributed by atoms with E-state index < -0.39 is 6.10 Å². The summed E-state index contributed by atoms with van der Waals surface area (Å²) in [6.07, 6.45) is 0.536. The molecule has 4 rings (SSSR count). The summed E-state index contributed by atoms with van der Waals surface area (Å²) < 4.78 is 5.55. The van der Waals surface area contributed by atoms with Gasteiger partial charge in [0.25, 0.3) is 0 Å². The van der Waals surface area contributed by atoms with Crippen LogP contribution in [0.25, 0.3) is 11.1 Å². The van der Waals surface area contributed by atoms with Crippen molar-refractivity contribution in [2.45, 2.75) is 12.5 Å². The number of rotatable bonds is 12. The van der Waals surface area contributed by atoms with Crippen molar-refractivity contribution < 1.29 is 19.7 Å². The summed E-state index contributed by atoms with van der Waals surface area (Å²) in [7, 11) is 1.68. The van der Waals surface area contributed by atoms with Crippen LogP contribution < -0.4 is 20.7 Å². The Labute approximate surface area is 216 Å². The van der Waals surface area contributed by atoms with E-state index in [-0.39, 0.29) is 11.4 Å². The number of benzene rings is 4. The first-order valence-corrected chi connectivity index (χ1v) is 12.1. The van der Waals surface area contributed by atoms with Crippen LogP contribution >= 0.6 is 0 Å². The van der Waals surface area contributed by atoms with E-state index in [9.17, 15) is 15.0 Å². The molecular formula is C30H31N3O4. The molecule has 7 nitrogen and oxygen atoms in total. The molecule has 0 aliphatic heterocycles. The highest BCUT2D eigenvalue weighted by atomic mass is 16.5. The Hall–Kier alpha value is -4.33. The summed E-state index contributed by atoms with van der Waals surface area (Å²) in [5.41, 5.74) is 6.15. The molecule has 0 aliphatic carbocycles. The Bertz CT molecular complexity index is 1310. The smallest absolute Gasteiger partial charge is 0.211 e. The number of methoxy groups -OCH3 is 1. The van der Waals surface area contributed by atoms with Crippen LogP contribution in [0.4, 0.5) is 17.1 Å². The monoisotopic (exact) mass is 497 g/mol. The first-order chi connectivity index (χ1) is 18.1.